The van der Waals surface area contributed by atoms with Crippen LogP contribution in [0.1, 0.15) is 75.4 Å². The van der Waals surface area contributed by atoms with E-state index in [1.54, 1.807) is 44.2 Å². The predicted molar refractivity (Wildman–Crippen MR) is 262 cm³/mol. The number of rotatable bonds is 27. The number of hydrogen-bond donors (Lipinski definition) is 6. The van der Waals surface area contributed by atoms with Gasteiger partial charge in [-0.15, -0.1) is 6.42 Å². The first-order valence-electron chi connectivity index (χ1n) is 23.4. The summed E-state index contributed by atoms with van der Waals surface area (Å²) in [5, 5.41) is 25.2. The van der Waals surface area contributed by atoms with Crippen molar-refractivity contribution in [2.75, 3.05) is 53.1 Å². The van der Waals surface area contributed by atoms with Crippen molar-refractivity contribution in [2.24, 2.45) is 11.8 Å². The number of carbonyl (C=O) groups is 6. The van der Waals surface area contributed by atoms with Crippen LogP contribution in [-0.2, 0) is 55.9 Å². The van der Waals surface area contributed by atoms with Gasteiger partial charge in [-0.2, -0.15) is 8.42 Å². The number of carbonyl (C=O) groups excluding carboxylic acids is 6. The smallest absolute Gasteiger partial charge is 0.300 e. The Balaban J connectivity index is 1.56. The molecule has 0 spiro atoms. The molecule has 1 fully saturated rings. The zero-order valence-electron chi connectivity index (χ0n) is 40.8. The van der Waals surface area contributed by atoms with E-state index < -0.39 is 80.8 Å². The number of benzene rings is 3. The average molecular weight is 989 g/mol. The molecule has 18 nitrogen and oxygen atoms in total. The summed E-state index contributed by atoms with van der Waals surface area (Å²) < 4.78 is 42.9. The second-order valence-electron chi connectivity index (χ2n) is 18.3. The second kappa shape index (κ2) is 27.3. The first-order valence-corrected chi connectivity index (χ1v) is 24.8. The molecule has 4 rings (SSSR count). The van der Waals surface area contributed by atoms with Gasteiger partial charge in [-0.25, -0.2) is 0 Å². The number of morpholine rings is 1. The van der Waals surface area contributed by atoms with E-state index in [1.807, 2.05) is 49.1 Å². The largest absolute Gasteiger partial charge is 0.495 e. The van der Waals surface area contributed by atoms with E-state index in [1.165, 1.54) is 19.2 Å². The Morgan fingerprint density at radius 3 is 1.94 bits per heavy atom. The Morgan fingerprint density at radius 2 is 1.34 bits per heavy atom. The van der Waals surface area contributed by atoms with Crippen molar-refractivity contribution in [3.8, 4) is 18.1 Å². The molecule has 6 N–H and O–H groups in total. The van der Waals surface area contributed by atoms with E-state index >= 15 is 0 Å². The molecular weight excluding hydrogens is 921 g/mol. The normalized spacial score (nSPS) is 15.5. The Labute approximate surface area is 411 Å². The average Bonchev–Trinajstić information content (AvgIpc) is 3.33. The predicted octanol–water partition coefficient (Wildman–Crippen LogP) is 2.32. The first kappa shape index (κ1) is 56.4. The maximum absolute atomic E-state index is 14.4. The molecule has 1 aliphatic heterocycles. The number of aliphatic hydroxyl groups is 1. The molecule has 70 heavy (non-hydrogen) atoms. The lowest BCUT2D eigenvalue weighted by Crippen LogP contribution is -2.60. The first-order chi connectivity index (χ1) is 33.2. The van der Waals surface area contributed by atoms with Crippen LogP contribution in [0, 0.1) is 24.2 Å². The van der Waals surface area contributed by atoms with Gasteiger partial charge < -0.3 is 41.2 Å². The standard InChI is InChI=1S/C51H68N6O12S/c1-8-23-52-47(60)38-20-22-43(67-7)44(31-38)70(65,66)69-33-51(6,64)46(59)40(28-34(2)3)54-50(63)42(30-37-17-13-10-14-18-37)56-49(62)41(29-35(4)5)55-48(61)39(21-19-36-15-11-9-12-16-36)53-45(58)32-57-24-26-68-27-25-57/h1,9-18,20,22,31,34-35,39-42,64H,19,21,23-30,32-33H2,2-7H3,(H,52,60)(H,53,58)(H,54,63)(H,55,61)(H,56,62)/t39-,40-,41-,42-,51?/m0/s1. The van der Waals surface area contributed by atoms with Gasteiger partial charge in [-0.05, 0) is 73.8 Å². The summed E-state index contributed by atoms with van der Waals surface area (Å²) in [5.74, 6) is -2.35. The number of methoxy groups -OCH3 is 1. The summed E-state index contributed by atoms with van der Waals surface area (Å²) in [7, 11) is -3.58. The molecule has 3 aromatic rings. The Kier molecular flexibility index (Phi) is 22.0. The number of amides is 5. The maximum atomic E-state index is 14.4. The number of hydrogen-bond acceptors (Lipinski definition) is 13. The van der Waals surface area contributed by atoms with Gasteiger partial charge in [0.05, 0.1) is 39.5 Å². The van der Waals surface area contributed by atoms with Crippen LogP contribution in [0.2, 0.25) is 0 Å². The van der Waals surface area contributed by atoms with E-state index in [9.17, 15) is 42.3 Å². The van der Waals surface area contributed by atoms with Gasteiger partial charge in [0, 0.05) is 25.1 Å². The van der Waals surface area contributed by atoms with Gasteiger partial charge in [-0.3, -0.25) is 37.9 Å². The number of aryl methyl sites for hydroxylation is 1. The molecule has 19 heteroatoms. The summed E-state index contributed by atoms with van der Waals surface area (Å²) in [5.41, 5.74) is -0.980. The highest BCUT2D eigenvalue weighted by molar-refractivity contribution is 7.86. The van der Waals surface area contributed by atoms with Gasteiger partial charge in [-0.1, -0.05) is 94.3 Å². The number of ketones is 1. The number of nitrogens with one attached hydrogen (secondary N) is 5. The Morgan fingerprint density at radius 1 is 0.786 bits per heavy atom. The van der Waals surface area contributed by atoms with Crippen LogP contribution in [0.5, 0.6) is 5.75 Å². The summed E-state index contributed by atoms with van der Waals surface area (Å²) in [4.78, 5) is 84.4. The van der Waals surface area contributed by atoms with E-state index in [-0.39, 0.29) is 67.8 Å². The molecule has 1 heterocycles. The quantitative estimate of drug-likeness (QED) is 0.0475. The highest BCUT2D eigenvalue weighted by atomic mass is 32.2. The molecule has 3 aromatic carbocycles. The number of terminal acetylenes is 1. The van der Waals surface area contributed by atoms with Crippen molar-refractivity contribution in [3.63, 3.8) is 0 Å². The van der Waals surface area contributed by atoms with E-state index in [0.29, 0.717) is 38.3 Å². The second-order valence-corrected chi connectivity index (χ2v) is 19.9. The van der Waals surface area contributed by atoms with Crippen LogP contribution in [-0.4, -0.2) is 137 Å². The number of Topliss-reactive ketones (excluding diaryl/α,β-unsaturated/α-hetero) is 1. The van der Waals surface area contributed by atoms with E-state index in [4.69, 9.17) is 20.1 Å². The van der Waals surface area contributed by atoms with Gasteiger partial charge in [0.1, 0.15) is 41.0 Å². The maximum Gasteiger partial charge on any atom is 0.300 e. The summed E-state index contributed by atoms with van der Waals surface area (Å²) in [6.45, 7) is 9.32. The van der Waals surface area contributed by atoms with Crippen molar-refractivity contribution in [3.05, 3.63) is 95.6 Å². The summed E-state index contributed by atoms with van der Waals surface area (Å²) >= 11 is 0. The zero-order valence-corrected chi connectivity index (χ0v) is 41.6. The van der Waals surface area contributed by atoms with Crippen molar-refractivity contribution in [2.45, 2.75) is 101 Å². The van der Waals surface area contributed by atoms with Crippen LogP contribution in [0.25, 0.3) is 0 Å². The highest BCUT2D eigenvalue weighted by Crippen LogP contribution is 2.28. The van der Waals surface area contributed by atoms with Crippen molar-refractivity contribution in [1.29, 1.82) is 0 Å². The lowest BCUT2D eigenvalue weighted by atomic mass is 9.90. The third-order valence-electron chi connectivity index (χ3n) is 11.4. The monoisotopic (exact) mass is 988 g/mol. The fraction of sp³-hybridized carbons (Fsp3) is 0.490. The third kappa shape index (κ3) is 18.0. The molecule has 0 radical (unpaired) electrons. The van der Waals surface area contributed by atoms with Gasteiger partial charge in [0.2, 0.25) is 23.6 Å². The fourth-order valence-corrected chi connectivity index (χ4v) is 8.84. The SMILES string of the molecule is C#CCNC(=O)c1ccc(OC)c(S(=O)(=O)OCC(C)(O)C(=O)[C@H](CC(C)C)NC(=O)[C@H](Cc2ccccc2)NC(=O)[C@H](CC(C)C)NC(=O)[C@H](CCc2ccccc2)NC(=O)CN2CCOCC2)c1. The summed E-state index contributed by atoms with van der Waals surface area (Å²) in [6.07, 6.45) is 6.04. The minimum absolute atomic E-state index is 0.00419. The number of ether oxygens (including phenoxy) is 2. The molecule has 0 saturated carbocycles. The molecule has 5 amide bonds. The van der Waals surface area contributed by atoms with Crippen LogP contribution < -0.4 is 31.3 Å². The molecule has 1 saturated heterocycles. The van der Waals surface area contributed by atoms with Gasteiger partial charge in [0.25, 0.3) is 5.91 Å². The molecule has 0 aliphatic carbocycles. The minimum Gasteiger partial charge on any atom is -0.495 e. The number of nitrogens with zero attached hydrogens (tertiary/aromatic N) is 1. The Bertz CT molecular complexity index is 2390. The lowest BCUT2D eigenvalue weighted by molar-refractivity contribution is -0.143. The molecule has 380 valence electrons. The van der Waals surface area contributed by atoms with Crippen LogP contribution in [0.15, 0.2) is 83.8 Å². The van der Waals surface area contributed by atoms with Gasteiger partial charge in [0.15, 0.2) is 5.78 Å². The van der Waals surface area contributed by atoms with Crippen LogP contribution in [0.4, 0.5) is 0 Å². The van der Waals surface area contributed by atoms with Crippen molar-refractivity contribution >= 4 is 45.4 Å². The van der Waals surface area contributed by atoms with E-state index in [2.05, 4.69) is 32.5 Å². The van der Waals surface area contributed by atoms with Crippen molar-refractivity contribution < 1.29 is 55.9 Å². The molecule has 0 bridgehead atoms. The molecule has 0 aromatic heterocycles. The molecular formula is C51H68N6O12S. The minimum atomic E-state index is -4.79. The highest BCUT2D eigenvalue weighted by Gasteiger charge is 2.41. The zero-order chi connectivity index (χ0) is 51.4. The third-order valence-corrected chi connectivity index (χ3v) is 12.6. The van der Waals surface area contributed by atoms with Crippen LogP contribution >= 0.6 is 0 Å². The molecule has 1 unspecified atom stereocenters. The fourth-order valence-electron chi connectivity index (χ4n) is 7.66. The lowest BCUT2D eigenvalue weighted by Gasteiger charge is -2.30. The molecule has 5 atom stereocenters. The van der Waals surface area contributed by atoms with Crippen molar-refractivity contribution in [1.82, 2.24) is 31.5 Å². The van der Waals surface area contributed by atoms with Crippen LogP contribution in [0.3, 0.4) is 0 Å². The van der Waals surface area contributed by atoms with Gasteiger partial charge >= 0.3 is 10.1 Å². The topological polar surface area (TPSA) is 248 Å². The Hall–Kier alpha value is -6.17. The van der Waals surface area contributed by atoms with E-state index in [0.717, 1.165) is 18.6 Å². The molecule has 1 aliphatic rings. The summed E-state index contributed by atoms with van der Waals surface area (Å²) in [6, 6.07) is 17.0.